The van der Waals surface area contributed by atoms with Crippen LogP contribution in [0.5, 0.6) is 0 Å². The molecular weight excluding hydrogens is 172 g/mol. The number of allylic oxidation sites excluding steroid dienone is 1. The van der Waals surface area contributed by atoms with Crippen molar-refractivity contribution in [2.24, 2.45) is 10.9 Å². The van der Waals surface area contributed by atoms with E-state index < -0.39 is 0 Å². The summed E-state index contributed by atoms with van der Waals surface area (Å²) in [6.07, 6.45) is 8.78. The van der Waals surface area contributed by atoms with E-state index in [1.54, 1.807) is 6.34 Å². The van der Waals surface area contributed by atoms with Gasteiger partial charge in [0.1, 0.15) is 0 Å². The lowest BCUT2D eigenvalue weighted by molar-refractivity contribution is 0.503. The van der Waals surface area contributed by atoms with Gasteiger partial charge in [0.05, 0.1) is 6.34 Å². The molecule has 2 nitrogen and oxygen atoms in total. The first-order valence-corrected chi connectivity index (χ1v) is 5.61. The first-order valence-electron chi connectivity index (χ1n) is 5.61. The minimum Gasteiger partial charge on any atom is -0.379 e. The fourth-order valence-corrected chi connectivity index (χ4v) is 1.63. The lowest BCUT2D eigenvalue weighted by atomic mass is 9.92. The van der Waals surface area contributed by atoms with Gasteiger partial charge in [0.25, 0.3) is 0 Å². The van der Waals surface area contributed by atoms with Crippen molar-refractivity contribution >= 4 is 6.34 Å². The molecule has 0 aromatic rings. The first-order chi connectivity index (χ1) is 6.76. The number of rotatable bonds is 7. The average Bonchev–Trinajstić information content (AvgIpc) is 2.18. The lowest BCUT2D eigenvalue weighted by Crippen LogP contribution is -2.02. The maximum absolute atomic E-state index is 4.18. The highest BCUT2D eigenvalue weighted by molar-refractivity contribution is 5.54. The van der Waals surface area contributed by atoms with Crippen LogP contribution in [0.3, 0.4) is 0 Å². The molecule has 1 N–H and O–H groups in total. The second-order valence-corrected chi connectivity index (χ2v) is 3.71. The van der Waals surface area contributed by atoms with Crippen LogP contribution in [-0.2, 0) is 0 Å². The maximum Gasteiger partial charge on any atom is 0.0876 e. The SMILES string of the molecule is CCCC(CCC)/C(C)=C/N=C\NC. The number of nitrogens with zero attached hydrogens (tertiary/aromatic N) is 1. The Kier molecular flexibility index (Phi) is 8.30. The minimum absolute atomic E-state index is 0.721. The van der Waals surface area contributed by atoms with Crippen molar-refractivity contribution in [1.29, 1.82) is 0 Å². The van der Waals surface area contributed by atoms with E-state index in [-0.39, 0.29) is 0 Å². The van der Waals surface area contributed by atoms with Gasteiger partial charge < -0.3 is 5.32 Å². The molecule has 0 bridgehead atoms. The monoisotopic (exact) mass is 196 g/mol. The van der Waals surface area contributed by atoms with Gasteiger partial charge in [-0.3, -0.25) is 0 Å². The van der Waals surface area contributed by atoms with Crippen LogP contribution < -0.4 is 5.32 Å². The predicted molar refractivity (Wildman–Crippen MR) is 64.6 cm³/mol. The summed E-state index contributed by atoms with van der Waals surface area (Å²) in [4.78, 5) is 4.18. The van der Waals surface area contributed by atoms with Crippen molar-refractivity contribution < 1.29 is 0 Å². The Bertz CT molecular complexity index is 177. The van der Waals surface area contributed by atoms with Crippen LogP contribution in [0, 0.1) is 5.92 Å². The topological polar surface area (TPSA) is 24.4 Å². The fourth-order valence-electron chi connectivity index (χ4n) is 1.63. The Balaban J connectivity index is 4.17. The van der Waals surface area contributed by atoms with E-state index in [0.717, 1.165) is 5.92 Å². The Morgan fingerprint density at radius 2 is 1.86 bits per heavy atom. The third-order valence-corrected chi connectivity index (χ3v) is 2.40. The molecule has 0 saturated carbocycles. The molecular formula is C12H24N2. The summed E-state index contributed by atoms with van der Waals surface area (Å²) in [5.74, 6) is 0.721. The third-order valence-electron chi connectivity index (χ3n) is 2.40. The summed E-state index contributed by atoms with van der Waals surface area (Å²) in [6, 6.07) is 0. The Hall–Kier alpha value is -0.790. The predicted octanol–water partition coefficient (Wildman–Crippen LogP) is 3.35. The zero-order valence-electron chi connectivity index (χ0n) is 10.0. The van der Waals surface area contributed by atoms with Crippen LogP contribution in [0.2, 0.25) is 0 Å². The minimum atomic E-state index is 0.721. The highest BCUT2D eigenvalue weighted by Gasteiger charge is 2.07. The van der Waals surface area contributed by atoms with Gasteiger partial charge >= 0.3 is 0 Å². The second kappa shape index (κ2) is 8.79. The summed E-state index contributed by atoms with van der Waals surface area (Å²) in [7, 11) is 1.86. The molecule has 0 aromatic carbocycles. The summed E-state index contributed by atoms with van der Waals surface area (Å²) in [5.41, 5.74) is 1.40. The molecule has 14 heavy (non-hydrogen) atoms. The molecule has 0 rings (SSSR count). The average molecular weight is 196 g/mol. The maximum atomic E-state index is 4.18. The molecule has 0 aliphatic heterocycles. The van der Waals surface area contributed by atoms with Gasteiger partial charge in [0.2, 0.25) is 0 Å². The van der Waals surface area contributed by atoms with Gasteiger partial charge in [-0.25, -0.2) is 4.99 Å². The molecule has 0 aromatic heterocycles. The highest BCUT2D eigenvalue weighted by atomic mass is 14.9. The van der Waals surface area contributed by atoms with Gasteiger partial charge in [-0.2, -0.15) is 0 Å². The van der Waals surface area contributed by atoms with Crippen LogP contribution in [0.25, 0.3) is 0 Å². The van der Waals surface area contributed by atoms with Crippen LogP contribution >= 0.6 is 0 Å². The van der Waals surface area contributed by atoms with E-state index in [1.807, 2.05) is 13.2 Å². The summed E-state index contributed by atoms with van der Waals surface area (Å²) in [6.45, 7) is 6.67. The quantitative estimate of drug-likeness (QED) is 0.490. The standard InChI is InChI=1S/C12H24N2/c1-5-7-12(8-6-2)11(3)9-14-10-13-4/h9-10,12H,5-8H2,1-4H3,(H,13,14)/b11-9+. The molecule has 0 aliphatic carbocycles. The van der Waals surface area contributed by atoms with E-state index in [0.29, 0.717) is 0 Å². The molecule has 0 unspecified atom stereocenters. The van der Waals surface area contributed by atoms with Crippen molar-refractivity contribution in [3.05, 3.63) is 11.8 Å². The zero-order chi connectivity index (χ0) is 10.8. The number of aliphatic imine (C=N–C) groups is 1. The lowest BCUT2D eigenvalue weighted by Gasteiger charge is -2.14. The third kappa shape index (κ3) is 5.79. The van der Waals surface area contributed by atoms with Crippen LogP contribution in [0.1, 0.15) is 46.5 Å². The van der Waals surface area contributed by atoms with E-state index in [2.05, 4.69) is 31.1 Å². The molecule has 0 radical (unpaired) electrons. The summed E-state index contributed by atoms with van der Waals surface area (Å²) < 4.78 is 0. The van der Waals surface area contributed by atoms with Crippen LogP contribution in [0.4, 0.5) is 0 Å². The van der Waals surface area contributed by atoms with Gasteiger partial charge in [0, 0.05) is 13.2 Å². The van der Waals surface area contributed by atoms with E-state index in [9.17, 15) is 0 Å². The van der Waals surface area contributed by atoms with Gasteiger partial charge in [-0.1, -0.05) is 32.3 Å². The van der Waals surface area contributed by atoms with Crippen molar-refractivity contribution in [3.8, 4) is 0 Å². The largest absolute Gasteiger partial charge is 0.379 e. The second-order valence-electron chi connectivity index (χ2n) is 3.71. The molecule has 82 valence electrons. The van der Waals surface area contributed by atoms with Crippen molar-refractivity contribution in [2.75, 3.05) is 7.05 Å². The van der Waals surface area contributed by atoms with E-state index >= 15 is 0 Å². The van der Waals surface area contributed by atoms with Gasteiger partial charge in [-0.15, -0.1) is 0 Å². The molecule has 0 saturated heterocycles. The molecule has 2 heteroatoms. The van der Waals surface area contributed by atoms with Gasteiger partial charge in [0.15, 0.2) is 0 Å². The van der Waals surface area contributed by atoms with Crippen LogP contribution in [-0.4, -0.2) is 13.4 Å². The summed E-state index contributed by atoms with van der Waals surface area (Å²) in [5, 5.41) is 2.89. The Morgan fingerprint density at radius 1 is 1.29 bits per heavy atom. The Labute approximate surface area is 88.5 Å². The molecule has 0 aliphatic rings. The number of nitrogens with one attached hydrogen (secondary N) is 1. The highest BCUT2D eigenvalue weighted by Crippen LogP contribution is 2.21. The number of hydrogen-bond donors (Lipinski definition) is 1. The Morgan fingerprint density at radius 3 is 2.29 bits per heavy atom. The molecule has 0 heterocycles. The van der Waals surface area contributed by atoms with Crippen molar-refractivity contribution in [3.63, 3.8) is 0 Å². The first kappa shape index (κ1) is 13.2. The van der Waals surface area contributed by atoms with E-state index in [1.165, 1.54) is 31.3 Å². The van der Waals surface area contributed by atoms with Crippen molar-refractivity contribution in [2.45, 2.75) is 46.5 Å². The fraction of sp³-hybridized carbons (Fsp3) is 0.750. The van der Waals surface area contributed by atoms with E-state index in [4.69, 9.17) is 0 Å². The molecule has 0 atom stereocenters. The zero-order valence-corrected chi connectivity index (χ0v) is 10.0. The molecule has 0 amide bonds. The van der Waals surface area contributed by atoms with Crippen LogP contribution in [0.15, 0.2) is 16.8 Å². The van der Waals surface area contributed by atoms with Gasteiger partial charge in [-0.05, 0) is 25.7 Å². The smallest absolute Gasteiger partial charge is 0.0876 e. The molecule has 0 spiro atoms. The summed E-state index contributed by atoms with van der Waals surface area (Å²) >= 11 is 0. The number of hydrogen-bond acceptors (Lipinski definition) is 1. The normalized spacial score (nSPS) is 12.8. The van der Waals surface area contributed by atoms with Crippen molar-refractivity contribution in [1.82, 2.24) is 5.32 Å². The molecule has 0 fully saturated rings.